The molecule has 0 fully saturated rings. The van der Waals surface area contributed by atoms with Crippen molar-refractivity contribution in [3.8, 4) is 0 Å². The summed E-state index contributed by atoms with van der Waals surface area (Å²) in [6.07, 6.45) is 3.86. The summed E-state index contributed by atoms with van der Waals surface area (Å²) < 4.78 is 30.5. The average Bonchev–Trinajstić information content (AvgIpc) is 2.91. The third kappa shape index (κ3) is 3.59. The van der Waals surface area contributed by atoms with Crippen LogP contribution in [0.15, 0.2) is 47.2 Å². The molecule has 0 amide bonds. The van der Waals surface area contributed by atoms with Crippen molar-refractivity contribution in [3.05, 3.63) is 70.1 Å². The van der Waals surface area contributed by atoms with Crippen LogP contribution >= 0.6 is 15.9 Å². The highest BCUT2D eigenvalue weighted by atomic mass is 79.9. The van der Waals surface area contributed by atoms with Gasteiger partial charge in [-0.2, -0.15) is 0 Å². The van der Waals surface area contributed by atoms with Crippen molar-refractivity contribution in [2.75, 3.05) is 6.54 Å². The summed E-state index contributed by atoms with van der Waals surface area (Å²) in [6.45, 7) is 3.38. The lowest BCUT2D eigenvalue weighted by atomic mass is 10.2. The average molecular weight is 380 g/mol. The Kier molecular flexibility index (Phi) is 4.73. The van der Waals surface area contributed by atoms with Gasteiger partial charge in [-0.05, 0) is 46.7 Å². The molecule has 3 rings (SSSR count). The molecule has 1 aromatic carbocycles. The molecule has 0 radical (unpaired) electrons. The van der Waals surface area contributed by atoms with Crippen LogP contribution < -0.4 is 0 Å². The second-order valence-corrected chi connectivity index (χ2v) is 6.26. The molecule has 0 saturated carbocycles. The second kappa shape index (κ2) is 6.76. The quantitative estimate of drug-likeness (QED) is 0.654. The Balaban J connectivity index is 1.81. The predicted molar refractivity (Wildman–Crippen MR) is 89.0 cm³/mol. The number of aromatic nitrogens is 2. The topological polar surface area (TPSA) is 20.5 Å². The fourth-order valence-corrected chi connectivity index (χ4v) is 2.86. The molecule has 2 aromatic heterocycles. The van der Waals surface area contributed by atoms with Crippen molar-refractivity contribution in [1.29, 1.82) is 0 Å². The zero-order chi connectivity index (χ0) is 16.4. The van der Waals surface area contributed by atoms with E-state index in [9.17, 15) is 8.78 Å². The van der Waals surface area contributed by atoms with E-state index in [-0.39, 0.29) is 12.1 Å². The maximum atomic E-state index is 13.8. The molecule has 0 atom stereocenters. The number of rotatable bonds is 5. The van der Waals surface area contributed by atoms with Crippen LogP contribution in [0.1, 0.15) is 18.2 Å². The lowest BCUT2D eigenvalue weighted by Gasteiger charge is -2.19. The summed E-state index contributed by atoms with van der Waals surface area (Å²) >= 11 is 3.42. The highest BCUT2D eigenvalue weighted by Gasteiger charge is 2.14. The van der Waals surface area contributed by atoms with Crippen molar-refractivity contribution in [3.63, 3.8) is 0 Å². The lowest BCUT2D eigenvalue weighted by Crippen LogP contribution is -2.23. The van der Waals surface area contributed by atoms with Gasteiger partial charge in [0.15, 0.2) is 0 Å². The van der Waals surface area contributed by atoms with Crippen LogP contribution in [0.5, 0.6) is 0 Å². The Hall–Kier alpha value is -1.79. The third-order valence-electron chi connectivity index (χ3n) is 3.74. The van der Waals surface area contributed by atoms with Crippen LogP contribution in [0.3, 0.4) is 0 Å². The van der Waals surface area contributed by atoms with Gasteiger partial charge in [-0.3, -0.25) is 4.90 Å². The van der Waals surface area contributed by atoms with Crippen LogP contribution in [0, 0.1) is 11.6 Å². The van der Waals surface area contributed by atoms with E-state index < -0.39 is 11.6 Å². The first-order valence-electron chi connectivity index (χ1n) is 7.35. The van der Waals surface area contributed by atoms with Crippen molar-refractivity contribution >= 4 is 21.6 Å². The molecule has 3 nitrogen and oxygen atoms in total. The molecule has 2 heterocycles. The number of fused-ring (bicyclic) bond motifs is 1. The van der Waals surface area contributed by atoms with E-state index in [0.29, 0.717) is 13.1 Å². The minimum atomic E-state index is -0.512. The molecule has 3 aromatic rings. The first-order valence-corrected chi connectivity index (χ1v) is 8.14. The number of halogens is 3. The second-order valence-electron chi connectivity index (χ2n) is 5.35. The molecule has 0 aliphatic rings. The Morgan fingerprint density at radius 1 is 1.09 bits per heavy atom. The largest absolute Gasteiger partial charge is 0.306 e. The minimum absolute atomic E-state index is 0.0980. The zero-order valence-electron chi connectivity index (χ0n) is 12.6. The fourth-order valence-electron chi connectivity index (χ4n) is 2.51. The van der Waals surface area contributed by atoms with Gasteiger partial charge in [-0.1, -0.05) is 13.0 Å². The Labute approximate surface area is 141 Å². The van der Waals surface area contributed by atoms with E-state index in [2.05, 4.69) is 20.9 Å². The van der Waals surface area contributed by atoms with Crippen molar-refractivity contribution in [2.24, 2.45) is 0 Å². The molecule has 0 spiro atoms. The molecule has 6 heteroatoms. The number of pyridine rings is 1. The molecular formula is C17H16BrF2N3. The molecule has 0 aliphatic heterocycles. The fraction of sp³-hybridized carbons (Fsp3) is 0.235. The molecule has 0 N–H and O–H groups in total. The maximum absolute atomic E-state index is 13.8. The van der Waals surface area contributed by atoms with E-state index in [4.69, 9.17) is 0 Å². The van der Waals surface area contributed by atoms with Gasteiger partial charge in [0.05, 0.1) is 5.69 Å². The SMILES string of the molecule is CCN(Cc1cn2cc(Br)ccc2n1)Cc1c(F)cccc1F. The summed E-state index contributed by atoms with van der Waals surface area (Å²) in [5.41, 5.74) is 1.80. The van der Waals surface area contributed by atoms with E-state index in [1.165, 1.54) is 18.2 Å². The standard InChI is InChI=1S/C17H16BrF2N3/c1-2-22(11-14-15(19)4-3-5-16(14)20)9-13-10-23-8-12(18)6-7-17(23)21-13/h3-8,10H,2,9,11H2,1H3. The van der Waals surface area contributed by atoms with E-state index in [1.807, 2.05) is 40.8 Å². The summed E-state index contributed by atoms with van der Waals surface area (Å²) in [5.74, 6) is -1.02. The Bertz CT molecular complexity index is 812. The first-order chi connectivity index (χ1) is 11.1. The van der Waals surface area contributed by atoms with Crippen LogP contribution in [0.25, 0.3) is 5.65 Å². The Morgan fingerprint density at radius 2 is 1.83 bits per heavy atom. The first kappa shape index (κ1) is 16.1. The van der Waals surface area contributed by atoms with Crippen LogP contribution in [0.4, 0.5) is 8.78 Å². The smallest absolute Gasteiger partial charge is 0.137 e. The van der Waals surface area contributed by atoms with Gasteiger partial charge in [0.2, 0.25) is 0 Å². The van der Waals surface area contributed by atoms with Crippen LogP contribution in [-0.4, -0.2) is 20.8 Å². The molecule has 120 valence electrons. The number of imidazole rings is 1. The van der Waals surface area contributed by atoms with Gasteiger partial charge < -0.3 is 4.40 Å². The van der Waals surface area contributed by atoms with Crippen LogP contribution in [0.2, 0.25) is 0 Å². The normalized spacial score (nSPS) is 11.5. The van der Waals surface area contributed by atoms with Gasteiger partial charge in [-0.25, -0.2) is 13.8 Å². The summed E-state index contributed by atoms with van der Waals surface area (Å²) in [4.78, 5) is 6.50. The number of hydrogen-bond donors (Lipinski definition) is 0. The monoisotopic (exact) mass is 379 g/mol. The summed E-state index contributed by atoms with van der Waals surface area (Å²) in [7, 11) is 0. The van der Waals surface area contributed by atoms with Crippen molar-refractivity contribution in [1.82, 2.24) is 14.3 Å². The number of benzene rings is 1. The van der Waals surface area contributed by atoms with Gasteiger partial charge in [0.1, 0.15) is 17.3 Å². The highest BCUT2D eigenvalue weighted by Crippen LogP contribution is 2.17. The van der Waals surface area contributed by atoms with E-state index in [1.54, 1.807) is 0 Å². The Morgan fingerprint density at radius 3 is 2.52 bits per heavy atom. The molecular weight excluding hydrogens is 364 g/mol. The molecule has 23 heavy (non-hydrogen) atoms. The summed E-state index contributed by atoms with van der Waals surface area (Å²) in [6, 6.07) is 7.80. The van der Waals surface area contributed by atoms with Gasteiger partial charge in [0.25, 0.3) is 0 Å². The highest BCUT2D eigenvalue weighted by molar-refractivity contribution is 9.10. The van der Waals surface area contributed by atoms with Gasteiger partial charge >= 0.3 is 0 Å². The minimum Gasteiger partial charge on any atom is -0.306 e. The van der Waals surface area contributed by atoms with Gasteiger partial charge in [0, 0.05) is 35.5 Å². The molecule has 0 aliphatic carbocycles. The molecule has 0 unspecified atom stereocenters. The van der Waals surface area contributed by atoms with Crippen molar-refractivity contribution < 1.29 is 8.78 Å². The summed E-state index contributed by atoms with van der Waals surface area (Å²) in [5, 5.41) is 0. The lowest BCUT2D eigenvalue weighted by molar-refractivity contribution is 0.260. The molecule has 0 bridgehead atoms. The number of nitrogens with zero attached hydrogens (tertiary/aromatic N) is 3. The zero-order valence-corrected chi connectivity index (χ0v) is 14.2. The maximum Gasteiger partial charge on any atom is 0.137 e. The van der Waals surface area contributed by atoms with Crippen molar-refractivity contribution in [2.45, 2.75) is 20.0 Å². The van der Waals surface area contributed by atoms with E-state index >= 15 is 0 Å². The number of hydrogen-bond acceptors (Lipinski definition) is 2. The third-order valence-corrected chi connectivity index (χ3v) is 4.21. The predicted octanol–water partition coefficient (Wildman–Crippen LogP) is 4.40. The van der Waals surface area contributed by atoms with Crippen LogP contribution in [-0.2, 0) is 13.1 Å². The molecule has 0 saturated heterocycles. The van der Waals surface area contributed by atoms with Gasteiger partial charge in [-0.15, -0.1) is 0 Å². The van der Waals surface area contributed by atoms with E-state index in [0.717, 1.165) is 15.8 Å².